The summed E-state index contributed by atoms with van der Waals surface area (Å²) in [6, 6.07) is 13.0. The molecule has 1 atom stereocenters. The second-order valence-corrected chi connectivity index (χ2v) is 7.48. The first-order valence-corrected chi connectivity index (χ1v) is 10.4. The van der Waals surface area contributed by atoms with Gasteiger partial charge in [0, 0.05) is 29.6 Å². The molecule has 1 saturated heterocycles. The number of amides is 1. The van der Waals surface area contributed by atoms with E-state index in [0.717, 1.165) is 12.0 Å². The molecule has 7 heteroatoms. The number of carbonyl (C=O) groups is 2. The van der Waals surface area contributed by atoms with Gasteiger partial charge >= 0.3 is 0 Å². The summed E-state index contributed by atoms with van der Waals surface area (Å²) >= 11 is 0. The topological polar surface area (TPSA) is 96.7 Å². The second-order valence-electron chi connectivity index (χ2n) is 7.48. The van der Waals surface area contributed by atoms with Crippen LogP contribution in [0.25, 0.3) is 5.76 Å². The van der Waals surface area contributed by atoms with Gasteiger partial charge in [-0.05, 0) is 41.8 Å². The van der Waals surface area contributed by atoms with E-state index in [1.807, 2.05) is 19.1 Å². The summed E-state index contributed by atoms with van der Waals surface area (Å²) in [6.45, 7) is 2.77. The highest BCUT2D eigenvalue weighted by atomic mass is 16.5. The Hall–Kier alpha value is -4.00. The number of nitrogens with zero attached hydrogens (tertiary/aromatic N) is 2. The minimum Gasteiger partial charge on any atom is -0.872 e. The number of ketones is 1. The largest absolute Gasteiger partial charge is 0.872 e. The molecule has 3 aromatic rings. The molecule has 1 aliphatic rings. The Morgan fingerprint density at radius 1 is 1.16 bits per heavy atom. The Labute approximate surface area is 186 Å². The van der Waals surface area contributed by atoms with Crippen LogP contribution in [-0.2, 0) is 16.1 Å². The average molecular weight is 429 g/mol. The number of ether oxygens (including phenoxy) is 1. The fraction of sp³-hybridized carbons (Fsp3) is 0.200. The maximum absolute atomic E-state index is 13.4. The lowest BCUT2D eigenvalue weighted by Crippen LogP contribution is -2.29. The highest BCUT2D eigenvalue weighted by Gasteiger charge is 2.44. The molecule has 3 heterocycles. The molecule has 1 fully saturated rings. The zero-order chi connectivity index (χ0) is 22.5. The quantitative estimate of drug-likeness (QED) is 0.326. The van der Waals surface area contributed by atoms with Crippen LogP contribution in [0.1, 0.15) is 36.1 Å². The molecule has 1 aliphatic heterocycles. The van der Waals surface area contributed by atoms with E-state index in [-0.39, 0.29) is 12.1 Å². The first-order valence-electron chi connectivity index (χ1n) is 10.4. The Morgan fingerprint density at radius 3 is 2.62 bits per heavy atom. The fourth-order valence-corrected chi connectivity index (χ4v) is 3.72. The fourth-order valence-electron chi connectivity index (χ4n) is 3.72. The van der Waals surface area contributed by atoms with E-state index in [2.05, 4.69) is 9.97 Å². The van der Waals surface area contributed by atoms with Crippen LogP contribution in [0, 0.1) is 0 Å². The van der Waals surface area contributed by atoms with E-state index in [1.54, 1.807) is 61.2 Å². The van der Waals surface area contributed by atoms with Crippen molar-refractivity contribution in [1.82, 2.24) is 9.88 Å². The number of aromatic amines is 1. The van der Waals surface area contributed by atoms with Crippen LogP contribution in [0.5, 0.6) is 5.75 Å². The average Bonchev–Trinajstić information content (AvgIpc) is 3.09. The molecule has 0 bridgehead atoms. The molecule has 0 aliphatic carbocycles. The molecule has 0 saturated carbocycles. The zero-order valence-corrected chi connectivity index (χ0v) is 17.7. The van der Waals surface area contributed by atoms with Crippen molar-refractivity contribution >= 4 is 17.4 Å². The Bertz CT molecular complexity index is 1130. The second kappa shape index (κ2) is 9.43. The molecule has 4 rings (SSSR count). The van der Waals surface area contributed by atoms with Gasteiger partial charge in [-0.1, -0.05) is 30.9 Å². The van der Waals surface area contributed by atoms with E-state index in [9.17, 15) is 14.7 Å². The van der Waals surface area contributed by atoms with Crippen molar-refractivity contribution in [3.8, 4) is 5.75 Å². The minimum absolute atomic E-state index is 0.0647. The van der Waals surface area contributed by atoms with Crippen LogP contribution < -0.4 is 14.8 Å². The van der Waals surface area contributed by atoms with E-state index < -0.39 is 23.5 Å². The lowest BCUT2D eigenvalue weighted by Gasteiger charge is -2.27. The van der Waals surface area contributed by atoms with Crippen molar-refractivity contribution in [2.24, 2.45) is 0 Å². The first-order chi connectivity index (χ1) is 15.6. The van der Waals surface area contributed by atoms with Gasteiger partial charge in [0.15, 0.2) is 12.4 Å². The number of rotatable bonds is 7. The van der Waals surface area contributed by atoms with E-state index in [4.69, 9.17) is 4.74 Å². The molecule has 32 heavy (non-hydrogen) atoms. The molecule has 0 radical (unpaired) electrons. The molecule has 1 unspecified atom stereocenters. The third kappa shape index (κ3) is 4.23. The first kappa shape index (κ1) is 21.2. The number of carbonyl (C=O) groups excluding carboxylic acids is 2. The lowest BCUT2D eigenvalue weighted by molar-refractivity contribution is -0.378. The smallest absolute Gasteiger partial charge is 0.295 e. The normalized spacial score (nSPS) is 17.5. The van der Waals surface area contributed by atoms with Gasteiger partial charge in [-0.25, -0.2) is 4.98 Å². The van der Waals surface area contributed by atoms with Gasteiger partial charge < -0.3 is 14.7 Å². The highest BCUT2D eigenvalue weighted by molar-refractivity contribution is 6.46. The van der Waals surface area contributed by atoms with Gasteiger partial charge in [0.25, 0.3) is 5.91 Å². The van der Waals surface area contributed by atoms with E-state index in [1.165, 1.54) is 4.90 Å². The van der Waals surface area contributed by atoms with E-state index >= 15 is 0 Å². The number of benzene rings is 1. The van der Waals surface area contributed by atoms with Gasteiger partial charge in [-0.3, -0.25) is 14.6 Å². The minimum atomic E-state index is -0.813. The van der Waals surface area contributed by atoms with Crippen molar-refractivity contribution in [2.75, 3.05) is 6.61 Å². The maximum atomic E-state index is 13.4. The highest BCUT2D eigenvalue weighted by Crippen LogP contribution is 2.39. The zero-order valence-electron chi connectivity index (χ0n) is 17.7. The van der Waals surface area contributed by atoms with Gasteiger partial charge in [-0.15, -0.1) is 0 Å². The predicted octanol–water partition coefficient (Wildman–Crippen LogP) is 2.11. The Kier molecular flexibility index (Phi) is 6.26. The van der Waals surface area contributed by atoms with Crippen LogP contribution in [0.2, 0.25) is 0 Å². The van der Waals surface area contributed by atoms with Gasteiger partial charge in [0.2, 0.25) is 5.78 Å². The molecule has 162 valence electrons. The number of likely N-dealkylation sites (tertiary alicyclic amines) is 1. The summed E-state index contributed by atoms with van der Waals surface area (Å²) in [4.78, 5) is 34.5. The number of pyridine rings is 2. The summed E-state index contributed by atoms with van der Waals surface area (Å²) in [5, 5.41) is 13.4. The molecule has 1 aromatic carbocycles. The van der Waals surface area contributed by atoms with Crippen molar-refractivity contribution in [3.05, 3.63) is 95.6 Å². The summed E-state index contributed by atoms with van der Waals surface area (Å²) in [5.41, 5.74) is 1.69. The maximum Gasteiger partial charge on any atom is 0.295 e. The molecule has 0 spiro atoms. The third-order valence-corrected chi connectivity index (χ3v) is 5.24. The lowest BCUT2D eigenvalue weighted by atomic mass is 9.96. The van der Waals surface area contributed by atoms with E-state index in [0.29, 0.717) is 23.5 Å². The molecule has 1 N–H and O–H groups in total. The van der Waals surface area contributed by atoms with Gasteiger partial charge in [0.1, 0.15) is 5.75 Å². The molecule has 2 aromatic heterocycles. The van der Waals surface area contributed by atoms with Crippen LogP contribution in [0.3, 0.4) is 0 Å². The summed E-state index contributed by atoms with van der Waals surface area (Å²) in [5.74, 6) is -1.31. The Morgan fingerprint density at radius 2 is 1.97 bits per heavy atom. The summed E-state index contributed by atoms with van der Waals surface area (Å²) < 4.78 is 5.57. The van der Waals surface area contributed by atoms with Crippen molar-refractivity contribution in [2.45, 2.75) is 25.9 Å². The van der Waals surface area contributed by atoms with Gasteiger partial charge in [0.05, 0.1) is 19.2 Å². The number of Topliss-reactive ketones (excluding diaryl/α,β-unsaturated/α-hetero) is 1. The number of aromatic nitrogens is 2. The standard InChI is InChI=1S/C25H23N3O4/c1-2-13-32-20-9-7-18(8-10-20)23(29)21-22(19-6-4-12-27-15-19)28(25(31)24(21)30)16-17-5-3-11-26-14-17/h3-12,14-15,22,29H,2,13,16H2,1H3. The summed E-state index contributed by atoms with van der Waals surface area (Å²) in [7, 11) is 0. The predicted molar refractivity (Wildman–Crippen MR) is 115 cm³/mol. The molecular formula is C25H23N3O4. The van der Waals surface area contributed by atoms with Crippen LogP contribution >= 0.6 is 0 Å². The summed E-state index contributed by atoms with van der Waals surface area (Å²) in [6.07, 6.45) is 7.57. The van der Waals surface area contributed by atoms with Crippen molar-refractivity contribution < 1.29 is 24.4 Å². The van der Waals surface area contributed by atoms with Crippen molar-refractivity contribution in [3.63, 3.8) is 0 Å². The number of nitrogens with one attached hydrogen (secondary N) is 1. The molecule has 1 amide bonds. The SMILES string of the molecule is CCCOc1ccc(C([O-])=C2C(=O)C(=O)N(Cc3ccc[nH+]c3)C2c2cccnc2)cc1. The van der Waals surface area contributed by atoms with Crippen LogP contribution in [0.4, 0.5) is 0 Å². The van der Waals surface area contributed by atoms with Crippen LogP contribution in [-0.4, -0.2) is 28.2 Å². The van der Waals surface area contributed by atoms with Crippen molar-refractivity contribution in [1.29, 1.82) is 0 Å². The van der Waals surface area contributed by atoms with Crippen LogP contribution in [0.15, 0.2) is 78.9 Å². The molecular weight excluding hydrogens is 406 g/mol. The number of H-pyrrole nitrogens is 1. The number of hydrogen-bond donors (Lipinski definition) is 0. The van der Waals surface area contributed by atoms with Gasteiger partial charge in [-0.2, -0.15) is 0 Å². The monoisotopic (exact) mass is 429 g/mol. The number of hydrogen-bond acceptors (Lipinski definition) is 5. The third-order valence-electron chi connectivity index (χ3n) is 5.24. The Balaban J connectivity index is 1.76. The molecule has 7 nitrogen and oxygen atoms in total.